The van der Waals surface area contributed by atoms with E-state index in [1.165, 1.54) is 0 Å². The van der Waals surface area contributed by atoms with Gasteiger partial charge in [0.05, 0.1) is 11.8 Å². The molecule has 0 N–H and O–H groups in total. The predicted molar refractivity (Wildman–Crippen MR) is 53.3 cm³/mol. The molecule has 0 aromatic heterocycles. The summed E-state index contributed by atoms with van der Waals surface area (Å²) in [6, 6.07) is 7.69. The number of benzene rings is 1. The standard InChI is InChI=1S/C12H12O2/c1-7(13)11-9-4-3-5-10(6-9)12(11)8(2)14/h3-6,11-12H,1-2H3. The molecule has 72 valence electrons. The molecule has 0 heterocycles. The van der Waals surface area contributed by atoms with Crippen LogP contribution in [0.4, 0.5) is 0 Å². The third-order valence-corrected chi connectivity index (χ3v) is 2.84. The van der Waals surface area contributed by atoms with Gasteiger partial charge in [-0.05, 0) is 25.0 Å². The maximum atomic E-state index is 11.4. The second kappa shape index (κ2) is 3.05. The lowest BCUT2D eigenvalue weighted by atomic mass is 9.85. The molecule has 0 saturated carbocycles. The zero-order chi connectivity index (χ0) is 10.3. The van der Waals surface area contributed by atoms with Crippen molar-refractivity contribution in [2.45, 2.75) is 25.7 Å². The van der Waals surface area contributed by atoms with Crippen molar-refractivity contribution in [2.75, 3.05) is 0 Å². The van der Waals surface area contributed by atoms with Gasteiger partial charge in [-0.15, -0.1) is 0 Å². The molecule has 1 aromatic carbocycles. The zero-order valence-corrected chi connectivity index (χ0v) is 8.28. The van der Waals surface area contributed by atoms with Crippen LogP contribution in [0, 0.1) is 0 Å². The fourth-order valence-corrected chi connectivity index (χ4v) is 2.27. The summed E-state index contributed by atoms with van der Waals surface area (Å²) in [4.78, 5) is 22.9. The Kier molecular flexibility index (Phi) is 1.99. The molecule has 2 unspecified atom stereocenters. The van der Waals surface area contributed by atoms with Crippen LogP contribution in [0.2, 0.25) is 0 Å². The quantitative estimate of drug-likeness (QED) is 0.711. The number of hydrogen-bond acceptors (Lipinski definition) is 2. The molecule has 2 heteroatoms. The highest BCUT2D eigenvalue weighted by Crippen LogP contribution is 2.41. The van der Waals surface area contributed by atoms with Crippen molar-refractivity contribution in [2.24, 2.45) is 0 Å². The van der Waals surface area contributed by atoms with Crippen molar-refractivity contribution < 1.29 is 9.59 Å². The first-order chi connectivity index (χ1) is 6.61. The summed E-state index contributed by atoms with van der Waals surface area (Å²) >= 11 is 0. The van der Waals surface area contributed by atoms with Gasteiger partial charge in [0.1, 0.15) is 11.6 Å². The average molecular weight is 188 g/mol. The second-order valence-electron chi connectivity index (χ2n) is 3.85. The Bertz CT molecular complexity index is 371. The van der Waals surface area contributed by atoms with Crippen LogP contribution in [0.15, 0.2) is 24.3 Å². The van der Waals surface area contributed by atoms with Crippen LogP contribution in [0.5, 0.6) is 0 Å². The number of rotatable bonds is 2. The SMILES string of the molecule is CC(=O)C1c2cccc(c2)C1C(C)=O. The monoisotopic (exact) mass is 188 g/mol. The van der Waals surface area contributed by atoms with Crippen molar-refractivity contribution in [3.05, 3.63) is 35.4 Å². The van der Waals surface area contributed by atoms with E-state index in [4.69, 9.17) is 0 Å². The second-order valence-corrected chi connectivity index (χ2v) is 3.85. The number of Topliss-reactive ketones (excluding diaryl/α,β-unsaturated/α-hetero) is 2. The maximum absolute atomic E-state index is 11.4. The lowest BCUT2D eigenvalue weighted by Crippen LogP contribution is -2.18. The molecule has 1 aliphatic rings. The Morgan fingerprint density at radius 1 is 1.00 bits per heavy atom. The van der Waals surface area contributed by atoms with Crippen LogP contribution in [-0.4, -0.2) is 11.6 Å². The molecule has 2 rings (SSSR count). The number of carbonyl (C=O) groups is 2. The first-order valence-electron chi connectivity index (χ1n) is 4.72. The summed E-state index contributed by atoms with van der Waals surface area (Å²) in [5.74, 6) is -0.326. The molecule has 1 aromatic rings. The van der Waals surface area contributed by atoms with Crippen LogP contribution in [-0.2, 0) is 9.59 Å². The van der Waals surface area contributed by atoms with E-state index in [0.717, 1.165) is 11.1 Å². The van der Waals surface area contributed by atoms with Gasteiger partial charge in [0.2, 0.25) is 0 Å². The molecule has 0 saturated heterocycles. The summed E-state index contributed by atoms with van der Waals surface area (Å²) in [7, 11) is 0. The van der Waals surface area contributed by atoms with Crippen LogP contribution in [0.1, 0.15) is 36.8 Å². The summed E-state index contributed by atoms with van der Waals surface area (Å²) < 4.78 is 0. The normalized spacial score (nSPS) is 23.6. The van der Waals surface area contributed by atoms with Crippen molar-refractivity contribution in [3.8, 4) is 0 Å². The van der Waals surface area contributed by atoms with Gasteiger partial charge in [-0.25, -0.2) is 0 Å². The number of hydrogen-bond donors (Lipinski definition) is 0. The number of carbonyl (C=O) groups excluding carboxylic acids is 2. The molecule has 2 nitrogen and oxygen atoms in total. The molecular formula is C12H12O2. The molecular weight excluding hydrogens is 176 g/mol. The van der Waals surface area contributed by atoms with E-state index in [9.17, 15) is 9.59 Å². The highest BCUT2D eigenvalue weighted by atomic mass is 16.1. The fraction of sp³-hybridized carbons (Fsp3) is 0.333. The Hall–Kier alpha value is -1.44. The van der Waals surface area contributed by atoms with Crippen molar-refractivity contribution in [3.63, 3.8) is 0 Å². The van der Waals surface area contributed by atoms with Gasteiger partial charge in [0.15, 0.2) is 0 Å². The Balaban J connectivity index is 2.50. The van der Waals surface area contributed by atoms with Gasteiger partial charge in [-0.3, -0.25) is 9.59 Å². The van der Waals surface area contributed by atoms with Gasteiger partial charge in [-0.1, -0.05) is 24.3 Å². The highest BCUT2D eigenvalue weighted by molar-refractivity contribution is 5.96. The molecule has 0 fully saturated rings. The van der Waals surface area contributed by atoms with Crippen molar-refractivity contribution in [1.82, 2.24) is 0 Å². The van der Waals surface area contributed by atoms with Crippen LogP contribution < -0.4 is 0 Å². The summed E-state index contributed by atoms with van der Waals surface area (Å²) in [6.07, 6.45) is 0. The van der Waals surface area contributed by atoms with Gasteiger partial charge in [-0.2, -0.15) is 0 Å². The van der Waals surface area contributed by atoms with E-state index < -0.39 is 0 Å². The highest BCUT2D eigenvalue weighted by Gasteiger charge is 2.36. The molecule has 0 aliphatic heterocycles. The van der Waals surface area contributed by atoms with Gasteiger partial charge >= 0.3 is 0 Å². The van der Waals surface area contributed by atoms with Crippen molar-refractivity contribution >= 4 is 11.6 Å². The van der Waals surface area contributed by atoms with E-state index in [-0.39, 0.29) is 23.4 Å². The topological polar surface area (TPSA) is 34.1 Å². The summed E-state index contributed by atoms with van der Waals surface area (Å²) in [5, 5.41) is 0. The van der Waals surface area contributed by atoms with Crippen LogP contribution in [0.3, 0.4) is 0 Å². The Labute approximate surface area is 82.9 Å². The fourth-order valence-electron chi connectivity index (χ4n) is 2.27. The van der Waals surface area contributed by atoms with Gasteiger partial charge in [0.25, 0.3) is 0 Å². The maximum Gasteiger partial charge on any atom is 0.138 e. The molecule has 14 heavy (non-hydrogen) atoms. The molecule has 2 atom stereocenters. The van der Waals surface area contributed by atoms with Gasteiger partial charge in [0, 0.05) is 0 Å². The molecule has 1 aliphatic carbocycles. The Morgan fingerprint density at radius 3 is 1.79 bits per heavy atom. The van der Waals surface area contributed by atoms with E-state index in [2.05, 4.69) is 0 Å². The summed E-state index contributed by atoms with van der Waals surface area (Å²) in [6.45, 7) is 3.10. The molecule has 0 amide bonds. The molecule has 2 bridgehead atoms. The molecule has 0 spiro atoms. The average Bonchev–Trinajstić information content (AvgIpc) is 2.37. The minimum Gasteiger partial charge on any atom is -0.299 e. The number of fused-ring (bicyclic) bond motifs is 2. The third-order valence-electron chi connectivity index (χ3n) is 2.84. The minimum atomic E-state index is -0.238. The lowest BCUT2D eigenvalue weighted by molar-refractivity contribution is -0.124. The first-order valence-corrected chi connectivity index (χ1v) is 4.72. The van der Waals surface area contributed by atoms with E-state index in [1.807, 2.05) is 24.3 Å². The minimum absolute atomic E-state index is 0.0754. The van der Waals surface area contributed by atoms with Crippen LogP contribution in [0.25, 0.3) is 0 Å². The van der Waals surface area contributed by atoms with Crippen LogP contribution >= 0.6 is 0 Å². The predicted octanol–water partition coefficient (Wildman–Crippen LogP) is 2.05. The largest absolute Gasteiger partial charge is 0.299 e. The van der Waals surface area contributed by atoms with Gasteiger partial charge < -0.3 is 0 Å². The number of ketones is 2. The van der Waals surface area contributed by atoms with E-state index in [1.54, 1.807) is 13.8 Å². The lowest BCUT2D eigenvalue weighted by Gasteiger charge is -2.15. The Morgan fingerprint density at radius 2 is 1.43 bits per heavy atom. The smallest absolute Gasteiger partial charge is 0.138 e. The van der Waals surface area contributed by atoms with E-state index >= 15 is 0 Å². The van der Waals surface area contributed by atoms with Crippen molar-refractivity contribution in [1.29, 1.82) is 0 Å². The zero-order valence-electron chi connectivity index (χ0n) is 8.28. The molecule has 0 radical (unpaired) electrons. The summed E-state index contributed by atoms with van der Waals surface area (Å²) in [5.41, 5.74) is 1.96. The third kappa shape index (κ3) is 1.18. The first kappa shape index (κ1) is 9.13. The van der Waals surface area contributed by atoms with E-state index in [0.29, 0.717) is 0 Å².